The Morgan fingerprint density at radius 1 is 0.968 bits per heavy atom. The van der Waals surface area contributed by atoms with Crippen molar-refractivity contribution >= 4 is 21.9 Å². The highest BCUT2D eigenvalue weighted by molar-refractivity contribution is 9.10. The highest BCUT2D eigenvalue weighted by Gasteiger charge is 2.29. The summed E-state index contributed by atoms with van der Waals surface area (Å²) in [6.45, 7) is 7.26. The highest BCUT2D eigenvalue weighted by Crippen LogP contribution is 2.36. The zero-order chi connectivity index (χ0) is 22.2. The normalized spacial score (nSPS) is 13.1. The molecule has 0 fully saturated rings. The van der Waals surface area contributed by atoms with E-state index in [0.29, 0.717) is 13.0 Å². The maximum Gasteiger partial charge on any atom is 0.307 e. The first-order chi connectivity index (χ1) is 15.0. The molecule has 3 aromatic carbocycles. The van der Waals surface area contributed by atoms with Crippen molar-refractivity contribution < 1.29 is 9.53 Å². The number of hydrogen-bond acceptors (Lipinski definition) is 3. The second-order valence-corrected chi connectivity index (χ2v) is 8.75. The molecule has 162 valence electrons. The minimum atomic E-state index is -0.177. The number of aryl methyl sites for hydroxylation is 1. The lowest BCUT2D eigenvalue weighted by Gasteiger charge is -2.37. The van der Waals surface area contributed by atoms with E-state index in [4.69, 9.17) is 4.74 Å². The van der Waals surface area contributed by atoms with Crippen LogP contribution >= 0.6 is 15.9 Å². The summed E-state index contributed by atoms with van der Waals surface area (Å²) in [4.78, 5) is 15.1. The van der Waals surface area contributed by atoms with Gasteiger partial charge < -0.3 is 4.74 Å². The number of rotatable bonds is 9. The van der Waals surface area contributed by atoms with E-state index in [1.54, 1.807) is 0 Å². The number of benzene rings is 3. The molecule has 0 saturated carbocycles. The Labute approximate surface area is 194 Å². The lowest BCUT2D eigenvalue weighted by atomic mass is 9.95. The predicted molar refractivity (Wildman–Crippen MR) is 130 cm³/mol. The van der Waals surface area contributed by atoms with Gasteiger partial charge in [0.25, 0.3) is 0 Å². The SMILES string of the molecule is CCOC(=O)CC(c1cc(C)cc(Br)c1)N(Cc1ccccc1)C(C)c1ccccc1. The predicted octanol–water partition coefficient (Wildman–Crippen LogP) is 7.02. The van der Waals surface area contributed by atoms with E-state index in [-0.39, 0.29) is 18.1 Å². The molecule has 0 aromatic heterocycles. The molecule has 31 heavy (non-hydrogen) atoms. The summed E-state index contributed by atoms with van der Waals surface area (Å²) in [5.41, 5.74) is 4.70. The van der Waals surface area contributed by atoms with Gasteiger partial charge in [-0.1, -0.05) is 82.7 Å². The fourth-order valence-corrected chi connectivity index (χ4v) is 4.62. The van der Waals surface area contributed by atoms with E-state index in [0.717, 1.165) is 22.1 Å². The Morgan fingerprint density at radius 3 is 2.23 bits per heavy atom. The standard InChI is InChI=1S/C27H30BrNO2/c1-4-31-27(30)18-26(24-15-20(2)16-25(28)17-24)29(19-22-11-7-5-8-12-22)21(3)23-13-9-6-10-14-23/h5-17,21,26H,4,18-19H2,1-3H3. The zero-order valence-corrected chi connectivity index (χ0v) is 20.0. The quantitative estimate of drug-likeness (QED) is 0.309. The van der Waals surface area contributed by atoms with E-state index < -0.39 is 0 Å². The number of halogens is 1. The van der Waals surface area contributed by atoms with Crippen molar-refractivity contribution in [2.24, 2.45) is 0 Å². The zero-order valence-electron chi connectivity index (χ0n) is 18.4. The number of carbonyl (C=O) groups excluding carboxylic acids is 1. The fourth-order valence-electron chi connectivity index (χ4n) is 4.00. The summed E-state index contributed by atoms with van der Waals surface area (Å²) in [7, 11) is 0. The molecule has 0 radical (unpaired) electrons. The van der Waals surface area contributed by atoms with E-state index in [1.165, 1.54) is 11.1 Å². The van der Waals surface area contributed by atoms with Crippen molar-refractivity contribution in [3.63, 3.8) is 0 Å². The van der Waals surface area contributed by atoms with Crippen molar-refractivity contribution in [2.75, 3.05) is 6.61 Å². The first-order valence-electron chi connectivity index (χ1n) is 10.7. The molecule has 0 amide bonds. The second kappa shape index (κ2) is 11.3. The van der Waals surface area contributed by atoms with Crippen molar-refractivity contribution in [3.8, 4) is 0 Å². The van der Waals surface area contributed by atoms with Crippen LogP contribution in [0.4, 0.5) is 0 Å². The molecule has 0 bridgehead atoms. The average Bonchev–Trinajstić information content (AvgIpc) is 2.76. The van der Waals surface area contributed by atoms with Gasteiger partial charge in [-0.2, -0.15) is 0 Å². The van der Waals surface area contributed by atoms with Crippen LogP contribution < -0.4 is 0 Å². The van der Waals surface area contributed by atoms with Crippen LogP contribution in [0.2, 0.25) is 0 Å². The molecular weight excluding hydrogens is 450 g/mol. The number of ether oxygens (including phenoxy) is 1. The number of hydrogen-bond donors (Lipinski definition) is 0. The summed E-state index contributed by atoms with van der Waals surface area (Å²) >= 11 is 3.64. The van der Waals surface area contributed by atoms with Gasteiger partial charge in [0, 0.05) is 23.1 Å². The first-order valence-corrected chi connectivity index (χ1v) is 11.5. The van der Waals surface area contributed by atoms with Crippen LogP contribution in [0.1, 0.15) is 54.6 Å². The molecule has 3 rings (SSSR count). The maximum absolute atomic E-state index is 12.7. The molecule has 3 aromatic rings. The Kier molecular flexibility index (Phi) is 8.44. The number of carbonyl (C=O) groups is 1. The van der Waals surface area contributed by atoms with Crippen LogP contribution in [0.5, 0.6) is 0 Å². The van der Waals surface area contributed by atoms with Gasteiger partial charge in [-0.05, 0) is 55.2 Å². The van der Waals surface area contributed by atoms with Gasteiger partial charge in [0.1, 0.15) is 0 Å². The second-order valence-electron chi connectivity index (χ2n) is 7.83. The topological polar surface area (TPSA) is 29.5 Å². The van der Waals surface area contributed by atoms with Crippen molar-refractivity contribution in [3.05, 3.63) is 106 Å². The summed E-state index contributed by atoms with van der Waals surface area (Å²) in [5, 5.41) is 0. The Hall–Kier alpha value is -2.43. The van der Waals surface area contributed by atoms with Crippen LogP contribution in [0.25, 0.3) is 0 Å². The fraction of sp³-hybridized carbons (Fsp3) is 0.296. The summed E-state index contributed by atoms with van der Waals surface area (Å²) in [5.74, 6) is -0.177. The van der Waals surface area contributed by atoms with Crippen molar-refractivity contribution in [1.29, 1.82) is 0 Å². The van der Waals surface area contributed by atoms with Gasteiger partial charge >= 0.3 is 5.97 Å². The minimum absolute atomic E-state index is 0.111. The molecule has 0 aliphatic carbocycles. The number of nitrogens with zero attached hydrogens (tertiary/aromatic N) is 1. The van der Waals surface area contributed by atoms with Gasteiger partial charge in [-0.15, -0.1) is 0 Å². The molecule has 4 heteroatoms. The van der Waals surface area contributed by atoms with E-state index in [1.807, 2.05) is 19.1 Å². The van der Waals surface area contributed by atoms with Crippen LogP contribution in [-0.2, 0) is 16.1 Å². The molecule has 0 aliphatic heterocycles. The Morgan fingerprint density at radius 2 is 1.61 bits per heavy atom. The van der Waals surface area contributed by atoms with Gasteiger partial charge in [0.2, 0.25) is 0 Å². The van der Waals surface area contributed by atoms with Crippen molar-refractivity contribution in [2.45, 2.75) is 45.8 Å². The molecule has 2 unspecified atom stereocenters. The lowest BCUT2D eigenvalue weighted by molar-refractivity contribution is -0.145. The van der Waals surface area contributed by atoms with E-state index in [9.17, 15) is 4.79 Å². The first kappa shape index (κ1) is 23.2. The summed E-state index contributed by atoms with van der Waals surface area (Å²) in [6.07, 6.45) is 0.299. The largest absolute Gasteiger partial charge is 0.466 e. The molecule has 3 nitrogen and oxygen atoms in total. The minimum Gasteiger partial charge on any atom is -0.466 e. The summed E-state index contributed by atoms with van der Waals surface area (Å²) in [6, 6.07) is 27.3. The third kappa shape index (κ3) is 6.52. The van der Waals surface area contributed by atoms with E-state index >= 15 is 0 Å². The van der Waals surface area contributed by atoms with E-state index in [2.05, 4.69) is 101 Å². The molecule has 0 spiro atoms. The van der Waals surface area contributed by atoms with Crippen molar-refractivity contribution in [1.82, 2.24) is 4.90 Å². The van der Waals surface area contributed by atoms with Gasteiger partial charge in [-0.25, -0.2) is 0 Å². The lowest BCUT2D eigenvalue weighted by Crippen LogP contribution is -2.33. The molecule has 0 aliphatic rings. The van der Waals surface area contributed by atoms with Gasteiger partial charge in [0.15, 0.2) is 0 Å². The maximum atomic E-state index is 12.7. The number of esters is 1. The van der Waals surface area contributed by atoms with Gasteiger partial charge in [0.05, 0.1) is 13.0 Å². The molecule has 0 heterocycles. The molecular formula is C27H30BrNO2. The average molecular weight is 480 g/mol. The third-order valence-corrected chi connectivity index (χ3v) is 5.96. The van der Waals surface area contributed by atoms with Gasteiger partial charge in [-0.3, -0.25) is 9.69 Å². The smallest absolute Gasteiger partial charge is 0.307 e. The third-order valence-electron chi connectivity index (χ3n) is 5.50. The Bertz CT molecular complexity index is 955. The summed E-state index contributed by atoms with van der Waals surface area (Å²) < 4.78 is 6.38. The molecule has 0 N–H and O–H groups in total. The van der Waals surface area contributed by atoms with Crippen LogP contribution in [0.3, 0.4) is 0 Å². The van der Waals surface area contributed by atoms with Crippen LogP contribution in [0, 0.1) is 6.92 Å². The molecule has 0 saturated heterocycles. The molecule has 2 atom stereocenters. The monoisotopic (exact) mass is 479 g/mol. The Balaban J connectivity index is 2.06. The van der Waals surface area contributed by atoms with Crippen LogP contribution in [-0.4, -0.2) is 17.5 Å². The highest BCUT2D eigenvalue weighted by atomic mass is 79.9. The van der Waals surface area contributed by atoms with Crippen LogP contribution in [0.15, 0.2) is 83.3 Å².